The van der Waals surface area contributed by atoms with Gasteiger partial charge in [0.15, 0.2) is 5.82 Å². The lowest BCUT2D eigenvalue weighted by Crippen LogP contribution is -2.43. The van der Waals surface area contributed by atoms with E-state index in [0.29, 0.717) is 17.4 Å². The first-order valence-electron chi connectivity index (χ1n) is 5.67. The average Bonchev–Trinajstić information content (AvgIpc) is 2.25. The van der Waals surface area contributed by atoms with Crippen molar-refractivity contribution in [2.24, 2.45) is 0 Å². The molecule has 0 radical (unpaired) electrons. The fourth-order valence-corrected chi connectivity index (χ4v) is 1.33. The molecule has 0 atom stereocenters. The fourth-order valence-electron chi connectivity index (χ4n) is 1.33. The number of amides is 1. The van der Waals surface area contributed by atoms with Gasteiger partial charge in [-0.15, -0.1) is 0 Å². The van der Waals surface area contributed by atoms with Gasteiger partial charge in [0, 0.05) is 11.6 Å². The molecule has 0 spiro atoms. The number of nitrogens with one attached hydrogen (secondary N) is 2. The maximum Gasteiger partial charge on any atom is 0.239 e. The molecule has 0 fully saturated rings. The van der Waals surface area contributed by atoms with Crippen LogP contribution in [0.15, 0.2) is 12.1 Å². The Kier molecular flexibility index (Phi) is 4.36. The van der Waals surface area contributed by atoms with Crippen molar-refractivity contribution in [3.05, 3.63) is 12.1 Å². The van der Waals surface area contributed by atoms with E-state index in [2.05, 4.69) is 15.6 Å². The molecule has 1 heterocycles. The van der Waals surface area contributed by atoms with Crippen LogP contribution in [0.5, 0.6) is 5.88 Å². The lowest BCUT2D eigenvalue weighted by Gasteiger charge is -2.20. The van der Waals surface area contributed by atoms with E-state index in [9.17, 15) is 4.79 Å². The molecule has 6 nitrogen and oxygen atoms in total. The molecular weight excluding hydrogens is 232 g/mol. The highest BCUT2D eigenvalue weighted by atomic mass is 16.5. The molecule has 1 rings (SSSR count). The molecule has 6 heteroatoms. The summed E-state index contributed by atoms with van der Waals surface area (Å²) in [4.78, 5) is 15.7. The third-order valence-electron chi connectivity index (χ3n) is 2.04. The van der Waals surface area contributed by atoms with E-state index in [4.69, 9.17) is 10.5 Å². The van der Waals surface area contributed by atoms with E-state index in [-0.39, 0.29) is 18.0 Å². The molecule has 0 aliphatic heterocycles. The van der Waals surface area contributed by atoms with Gasteiger partial charge in [-0.05, 0) is 26.8 Å². The summed E-state index contributed by atoms with van der Waals surface area (Å²) in [5, 5.41) is 5.72. The van der Waals surface area contributed by atoms with E-state index < -0.39 is 0 Å². The zero-order valence-corrected chi connectivity index (χ0v) is 11.2. The molecule has 1 aromatic heterocycles. The third-order valence-corrected chi connectivity index (χ3v) is 2.04. The molecule has 0 saturated carbocycles. The summed E-state index contributed by atoms with van der Waals surface area (Å²) in [5.74, 6) is 0.771. The first-order valence-corrected chi connectivity index (χ1v) is 5.67. The van der Waals surface area contributed by atoms with Gasteiger partial charge in [0.05, 0.1) is 19.3 Å². The van der Waals surface area contributed by atoms with Crippen molar-refractivity contribution < 1.29 is 9.53 Å². The monoisotopic (exact) mass is 252 g/mol. The second-order valence-electron chi connectivity index (χ2n) is 4.94. The lowest BCUT2D eigenvalue weighted by molar-refractivity contribution is -0.120. The number of aromatic nitrogens is 1. The predicted octanol–water partition coefficient (Wildman–Crippen LogP) is 0.999. The predicted molar refractivity (Wildman–Crippen MR) is 71.6 cm³/mol. The van der Waals surface area contributed by atoms with Crippen molar-refractivity contribution in [2.75, 3.05) is 24.7 Å². The van der Waals surface area contributed by atoms with Crippen LogP contribution in [0.1, 0.15) is 20.8 Å². The molecule has 100 valence electrons. The van der Waals surface area contributed by atoms with Gasteiger partial charge < -0.3 is 21.1 Å². The van der Waals surface area contributed by atoms with E-state index in [0.717, 1.165) is 0 Å². The number of carbonyl (C=O) groups excluding carboxylic acids is 1. The van der Waals surface area contributed by atoms with Gasteiger partial charge in [-0.1, -0.05) is 0 Å². The van der Waals surface area contributed by atoms with Gasteiger partial charge in [-0.25, -0.2) is 0 Å². The highest BCUT2D eigenvalue weighted by Gasteiger charge is 2.13. The molecule has 0 saturated heterocycles. The third kappa shape index (κ3) is 4.48. The summed E-state index contributed by atoms with van der Waals surface area (Å²) in [6.45, 7) is 5.87. The Morgan fingerprint density at radius 3 is 2.67 bits per heavy atom. The van der Waals surface area contributed by atoms with Crippen LogP contribution in [0.3, 0.4) is 0 Å². The van der Waals surface area contributed by atoms with E-state index in [1.807, 2.05) is 20.8 Å². The number of rotatable bonds is 4. The smallest absolute Gasteiger partial charge is 0.239 e. The molecule has 1 amide bonds. The molecule has 0 aromatic carbocycles. The van der Waals surface area contributed by atoms with Gasteiger partial charge in [0.2, 0.25) is 11.8 Å². The quantitative estimate of drug-likeness (QED) is 0.744. The van der Waals surface area contributed by atoms with Crippen LogP contribution in [0, 0.1) is 0 Å². The number of methoxy groups -OCH3 is 1. The van der Waals surface area contributed by atoms with Crippen molar-refractivity contribution >= 4 is 17.4 Å². The molecule has 4 N–H and O–H groups in total. The van der Waals surface area contributed by atoms with Crippen LogP contribution >= 0.6 is 0 Å². The van der Waals surface area contributed by atoms with Crippen LogP contribution in [0.4, 0.5) is 11.5 Å². The number of hydrogen-bond acceptors (Lipinski definition) is 5. The zero-order chi connectivity index (χ0) is 13.8. The van der Waals surface area contributed by atoms with Gasteiger partial charge in [-0.3, -0.25) is 4.79 Å². The Labute approximate surface area is 107 Å². The van der Waals surface area contributed by atoms with Crippen molar-refractivity contribution in [2.45, 2.75) is 26.3 Å². The van der Waals surface area contributed by atoms with E-state index in [1.54, 1.807) is 12.1 Å². The largest absolute Gasteiger partial charge is 0.481 e. The molecule has 1 aromatic rings. The zero-order valence-electron chi connectivity index (χ0n) is 11.2. The highest BCUT2D eigenvalue weighted by Crippen LogP contribution is 2.19. The maximum absolute atomic E-state index is 11.6. The first-order chi connectivity index (χ1) is 8.31. The molecule has 0 aliphatic carbocycles. The standard InChI is InChI=1S/C12H20N4O2/c1-12(2,3)16-9(17)7-14-11-8(13)5-6-10(15-11)18-4/h5-6H,7,13H2,1-4H3,(H,14,15)(H,16,17). The number of carbonyl (C=O) groups is 1. The van der Waals surface area contributed by atoms with Crippen molar-refractivity contribution in [3.63, 3.8) is 0 Å². The molecule has 0 unspecified atom stereocenters. The Morgan fingerprint density at radius 1 is 1.44 bits per heavy atom. The van der Waals surface area contributed by atoms with Crippen LogP contribution < -0.4 is 21.1 Å². The van der Waals surface area contributed by atoms with Gasteiger partial charge in [0.1, 0.15) is 0 Å². The summed E-state index contributed by atoms with van der Waals surface area (Å²) in [7, 11) is 1.52. The lowest BCUT2D eigenvalue weighted by atomic mass is 10.1. The first kappa shape index (κ1) is 14.1. The van der Waals surface area contributed by atoms with Crippen LogP contribution in [-0.4, -0.2) is 30.1 Å². The minimum absolute atomic E-state index is 0.113. The summed E-state index contributed by atoms with van der Waals surface area (Å²) in [5.41, 5.74) is 5.96. The van der Waals surface area contributed by atoms with Crippen molar-refractivity contribution in [1.29, 1.82) is 0 Å². The molecule has 18 heavy (non-hydrogen) atoms. The number of nitrogens with two attached hydrogens (primary N) is 1. The van der Waals surface area contributed by atoms with Gasteiger partial charge in [-0.2, -0.15) is 4.98 Å². The minimum Gasteiger partial charge on any atom is -0.481 e. The number of ether oxygens (including phenoxy) is 1. The normalized spacial score (nSPS) is 10.9. The second kappa shape index (κ2) is 5.57. The topological polar surface area (TPSA) is 89.3 Å². The highest BCUT2D eigenvalue weighted by molar-refractivity contribution is 5.82. The average molecular weight is 252 g/mol. The van der Waals surface area contributed by atoms with E-state index in [1.165, 1.54) is 7.11 Å². The Hall–Kier alpha value is -1.98. The number of pyridine rings is 1. The molecule has 0 bridgehead atoms. The Bertz CT molecular complexity index is 427. The van der Waals surface area contributed by atoms with E-state index >= 15 is 0 Å². The number of anilines is 2. The second-order valence-corrected chi connectivity index (χ2v) is 4.94. The Balaban J connectivity index is 2.60. The number of nitrogens with zero attached hydrogens (tertiary/aromatic N) is 1. The van der Waals surface area contributed by atoms with Crippen molar-refractivity contribution in [1.82, 2.24) is 10.3 Å². The van der Waals surface area contributed by atoms with Crippen LogP contribution in [0.25, 0.3) is 0 Å². The summed E-state index contributed by atoms with van der Waals surface area (Å²) < 4.78 is 4.99. The van der Waals surface area contributed by atoms with Gasteiger partial charge in [0.25, 0.3) is 0 Å². The maximum atomic E-state index is 11.6. The minimum atomic E-state index is -0.258. The fraction of sp³-hybridized carbons (Fsp3) is 0.500. The SMILES string of the molecule is COc1ccc(N)c(NCC(=O)NC(C)(C)C)n1. The van der Waals surface area contributed by atoms with Gasteiger partial charge >= 0.3 is 0 Å². The number of nitrogen functional groups attached to an aromatic ring is 1. The molecule has 0 aliphatic rings. The Morgan fingerprint density at radius 2 is 2.11 bits per heavy atom. The summed E-state index contributed by atoms with van der Waals surface area (Å²) in [6.07, 6.45) is 0. The van der Waals surface area contributed by atoms with Crippen LogP contribution in [0.2, 0.25) is 0 Å². The van der Waals surface area contributed by atoms with Crippen LogP contribution in [-0.2, 0) is 4.79 Å². The molecular formula is C12H20N4O2. The summed E-state index contributed by atoms with van der Waals surface area (Å²) >= 11 is 0. The summed E-state index contributed by atoms with van der Waals surface area (Å²) in [6, 6.07) is 3.34. The van der Waals surface area contributed by atoms with Crippen molar-refractivity contribution in [3.8, 4) is 5.88 Å². The number of hydrogen-bond donors (Lipinski definition) is 3.